The fourth-order valence-electron chi connectivity index (χ4n) is 1.55. The van der Waals surface area contributed by atoms with Gasteiger partial charge in [0.15, 0.2) is 0 Å². The molecular formula is C18H33NO3. The number of allylic oxidation sites excluding steroid dienone is 4. The van der Waals surface area contributed by atoms with Crippen LogP contribution in [0.3, 0.4) is 0 Å². The van der Waals surface area contributed by atoms with Crippen LogP contribution < -0.4 is 5.32 Å². The number of amides is 1. The van der Waals surface area contributed by atoms with Gasteiger partial charge < -0.3 is 14.8 Å². The molecule has 0 radical (unpaired) electrons. The van der Waals surface area contributed by atoms with Crippen LogP contribution in [0, 0.1) is 5.92 Å². The normalized spacial score (nSPS) is 12.4. The van der Waals surface area contributed by atoms with E-state index in [-0.39, 0.29) is 12.5 Å². The molecule has 0 spiro atoms. The van der Waals surface area contributed by atoms with Crippen molar-refractivity contribution in [1.82, 2.24) is 5.32 Å². The van der Waals surface area contributed by atoms with E-state index in [9.17, 15) is 9.59 Å². The lowest BCUT2D eigenvalue weighted by Gasteiger charge is -2.06. The number of hydrogen-bond donors (Lipinski definition) is 1. The van der Waals surface area contributed by atoms with Crippen molar-refractivity contribution >= 4 is 12.2 Å². The number of hydrogen-bond acceptors (Lipinski definition) is 3. The van der Waals surface area contributed by atoms with E-state index < -0.39 is 0 Å². The number of aldehydes is 1. The predicted molar refractivity (Wildman–Crippen MR) is 92.8 cm³/mol. The molecule has 0 unspecified atom stereocenters. The molecule has 1 aliphatic carbocycles. The van der Waals surface area contributed by atoms with Crippen LogP contribution in [0.4, 0.5) is 0 Å². The highest BCUT2D eigenvalue weighted by Crippen LogP contribution is 2.15. The highest BCUT2D eigenvalue weighted by Gasteiger charge is 2.02. The molecule has 22 heavy (non-hydrogen) atoms. The molecule has 128 valence electrons. The summed E-state index contributed by atoms with van der Waals surface area (Å²) >= 11 is 0. The van der Waals surface area contributed by atoms with Gasteiger partial charge in [-0.2, -0.15) is 0 Å². The minimum Gasteiger partial charge on any atom is -0.388 e. The van der Waals surface area contributed by atoms with Gasteiger partial charge in [0.05, 0.1) is 6.54 Å². The van der Waals surface area contributed by atoms with Crippen molar-refractivity contribution in [2.75, 3.05) is 20.8 Å². The smallest absolute Gasteiger partial charge is 0.220 e. The maximum Gasteiger partial charge on any atom is 0.220 e. The second-order valence-corrected chi connectivity index (χ2v) is 5.72. The Bertz CT molecular complexity index is 330. The summed E-state index contributed by atoms with van der Waals surface area (Å²) in [5.41, 5.74) is 1.32. The molecule has 0 atom stereocenters. The van der Waals surface area contributed by atoms with Gasteiger partial charge in [0.25, 0.3) is 0 Å². The Morgan fingerprint density at radius 1 is 1.32 bits per heavy atom. The predicted octanol–water partition coefficient (Wildman–Crippen LogP) is 3.67. The van der Waals surface area contributed by atoms with Crippen LogP contribution in [0.2, 0.25) is 0 Å². The van der Waals surface area contributed by atoms with E-state index in [2.05, 4.69) is 49.1 Å². The van der Waals surface area contributed by atoms with E-state index >= 15 is 0 Å². The molecule has 0 saturated carbocycles. The van der Waals surface area contributed by atoms with E-state index in [1.54, 1.807) is 14.2 Å². The second-order valence-electron chi connectivity index (χ2n) is 5.72. The fraction of sp³-hybridized carbons (Fsp3) is 0.667. The van der Waals surface area contributed by atoms with Crippen molar-refractivity contribution in [3.63, 3.8) is 0 Å². The molecule has 0 saturated heterocycles. The SMILES string of the molecule is CC(C)C.COC.O=CCNC(=O)CCCC1=CCCC=C1. The molecule has 0 aromatic rings. The van der Waals surface area contributed by atoms with Gasteiger partial charge in [-0.1, -0.05) is 44.6 Å². The number of carbonyl (C=O) groups is 2. The van der Waals surface area contributed by atoms with Gasteiger partial charge in [-0.15, -0.1) is 0 Å². The summed E-state index contributed by atoms with van der Waals surface area (Å²) in [4.78, 5) is 21.1. The molecule has 0 aromatic heterocycles. The molecule has 0 bridgehead atoms. The van der Waals surface area contributed by atoms with Gasteiger partial charge in [0.1, 0.15) is 6.29 Å². The number of rotatable bonds is 6. The summed E-state index contributed by atoms with van der Waals surface area (Å²) in [6, 6.07) is 0. The second kappa shape index (κ2) is 17.6. The monoisotopic (exact) mass is 311 g/mol. The van der Waals surface area contributed by atoms with E-state index in [1.165, 1.54) is 5.57 Å². The van der Waals surface area contributed by atoms with Gasteiger partial charge in [-0.3, -0.25) is 4.79 Å². The molecular weight excluding hydrogens is 278 g/mol. The van der Waals surface area contributed by atoms with Crippen LogP contribution in [0.1, 0.15) is 52.9 Å². The summed E-state index contributed by atoms with van der Waals surface area (Å²) in [5, 5.41) is 2.53. The van der Waals surface area contributed by atoms with Crippen LogP contribution >= 0.6 is 0 Å². The van der Waals surface area contributed by atoms with Gasteiger partial charge >= 0.3 is 0 Å². The lowest BCUT2D eigenvalue weighted by atomic mass is 10.0. The molecule has 1 aliphatic rings. The quantitative estimate of drug-likeness (QED) is 0.761. The topological polar surface area (TPSA) is 55.4 Å². The zero-order valence-electron chi connectivity index (χ0n) is 14.9. The molecule has 0 heterocycles. The van der Waals surface area contributed by atoms with Crippen molar-refractivity contribution in [3.05, 3.63) is 23.8 Å². The van der Waals surface area contributed by atoms with Crippen LogP contribution in [-0.2, 0) is 14.3 Å². The highest BCUT2D eigenvalue weighted by molar-refractivity contribution is 5.78. The summed E-state index contributed by atoms with van der Waals surface area (Å²) in [6.45, 7) is 6.63. The number of carbonyl (C=O) groups excluding carboxylic acids is 2. The van der Waals surface area contributed by atoms with Crippen molar-refractivity contribution in [3.8, 4) is 0 Å². The summed E-state index contributed by atoms with van der Waals surface area (Å²) in [6.07, 6.45) is 11.8. The van der Waals surface area contributed by atoms with Gasteiger partial charge in [-0.25, -0.2) is 0 Å². The molecule has 1 rings (SSSR count). The first kappa shape index (κ1) is 22.9. The standard InChI is InChI=1S/C12H17NO2.C4H10.C2H6O/c14-10-9-13-12(15)8-4-7-11-5-2-1-3-6-11;1-4(2)3;1-3-2/h2,5-6,10H,1,3-4,7-9H2,(H,13,15);4H,1-3H3;1-2H3. The van der Waals surface area contributed by atoms with Gasteiger partial charge in [0, 0.05) is 20.6 Å². The first-order valence-electron chi connectivity index (χ1n) is 7.93. The third kappa shape index (κ3) is 20.9. The first-order chi connectivity index (χ1) is 10.5. The van der Waals surface area contributed by atoms with E-state index in [0.717, 1.165) is 31.6 Å². The Kier molecular flexibility index (Phi) is 18.3. The molecule has 1 N–H and O–H groups in total. The van der Waals surface area contributed by atoms with E-state index in [4.69, 9.17) is 0 Å². The molecule has 0 aliphatic heterocycles. The Labute approximate surface area is 136 Å². The molecule has 0 aromatic carbocycles. The van der Waals surface area contributed by atoms with Crippen molar-refractivity contribution in [2.24, 2.45) is 5.92 Å². The zero-order chi connectivity index (χ0) is 17.2. The number of nitrogens with one attached hydrogen (secondary N) is 1. The average Bonchev–Trinajstić information content (AvgIpc) is 2.46. The maximum absolute atomic E-state index is 11.1. The Hall–Kier alpha value is -1.42. The van der Waals surface area contributed by atoms with Crippen molar-refractivity contribution < 1.29 is 14.3 Å². The van der Waals surface area contributed by atoms with Crippen LogP contribution in [-0.4, -0.2) is 33.0 Å². The Morgan fingerprint density at radius 3 is 2.36 bits per heavy atom. The average molecular weight is 311 g/mol. The lowest BCUT2D eigenvalue weighted by molar-refractivity contribution is -0.122. The summed E-state index contributed by atoms with van der Waals surface area (Å²) in [7, 11) is 3.25. The van der Waals surface area contributed by atoms with Crippen LogP contribution in [0.25, 0.3) is 0 Å². The van der Waals surface area contributed by atoms with Gasteiger partial charge in [-0.05, 0) is 31.6 Å². The maximum atomic E-state index is 11.1. The molecule has 1 amide bonds. The largest absolute Gasteiger partial charge is 0.388 e. The molecule has 0 fully saturated rings. The van der Waals surface area contributed by atoms with E-state index in [0.29, 0.717) is 12.7 Å². The zero-order valence-corrected chi connectivity index (χ0v) is 14.9. The summed E-state index contributed by atoms with van der Waals surface area (Å²) in [5.74, 6) is 0.794. The highest BCUT2D eigenvalue weighted by atomic mass is 16.4. The van der Waals surface area contributed by atoms with Crippen molar-refractivity contribution in [2.45, 2.75) is 52.9 Å². The number of methoxy groups -OCH3 is 1. The Balaban J connectivity index is 0. The summed E-state index contributed by atoms with van der Waals surface area (Å²) < 4.78 is 4.25. The minimum absolute atomic E-state index is 0.0394. The minimum atomic E-state index is -0.0394. The Morgan fingerprint density at radius 2 is 1.91 bits per heavy atom. The number of ether oxygens (including phenoxy) is 1. The lowest BCUT2D eigenvalue weighted by Crippen LogP contribution is -2.24. The van der Waals surface area contributed by atoms with Gasteiger partial charge in [0.2, 0.25) is 5.91 Å². The molecule has 4 heteroatoms. The van der Waals surface area contributed by atoms with Crippen LogP contribution in [0.5, 0.6) is 0 Å². The molecule has 4 nitrogen and oxygen atoms in total. The third-order valence-electron chi connectivity index (χ3n) is 2.32. The first-order valence-corrected chi connectivity index (χ1v) is 7.93. The van der Waals surface area contributed by atoms with Crippen molar-refractivity contribution in [1.29, 1.82) is 0 Å². The van der Waals surface area contributed by atoms with Crippen LogP contribution in [0.15, 0.2) is 23.8 Å². The fourth-order valence-corrected chi connectivity index (χ4v) is 1.55. The third-order valence-corrected chi connectivity index (χ3v) is 2.32. The van der Waals surface area contributed by atoms with E-state index in [1.807, 2.05) is 0 Å².